The molecule has 0 atom stereocenters. The molecule has 6 heteroatoms. The van der Waals surface area contributed by atoms with E-state index >= 15 is 0 Å². The Morgan fingerprint density at radius 2 is 2.08 bits per heavy atom. The molecule has 0 radical (unpaired) electrons. The number of hydrogen-bond acceptors (Lipinski definition) is 3. The Morgan fingerprint density at radius 1 is 1.36 bits per heavy atom. The standard InChI is InChI=1S/C19H31FN4O/c1-4-21-19(23-17-7-9-24(10-8-17)14(2)3)22-12-15-5-6-18(20)16(11-15)13-25/h5-6,11,14,17,25H,4,7-10,12-13H2,1-3H3,(H2,21,22,23). The SMILES string of the molecule is CCNC(=NCc1ccc(F)c(CO)c1)NC1CCN(C(C)C)CC1. The highest BCUT2D eigenvalue weighted by atomic mass is 19.1. The average Bonchev–Trinajstić information content (AvgIpc) is 2.61. The van der Waals surface area contributed by atoms with Gasteiger partial charge in [-0.05, 0) is 51.3 Å². The zero-order valence-corrected chi connectivity index (χ0v) is 15.6. The smallest absolute Gasteiger partial charge is 0.191 e. The van der Waals surface area contributed by atoms with Gasteiger partial charge in [0.2, 0.25) is 0 Å². The van der Waals surface area contributed by atoms with Gasteiger partial charge in [0.15, 0.2) is 5.96 Å². The summed E-state index contributed by atoms with van der Waals surface area (Å²) in [5.74, 6) is 0.414. The Morgan fingerprint density at radius 3 is 2.68 bits per heavy atom. The molecule has 0 amide bonds. The van der Waals surface area contributed by atoms with E-state index in [0.717, 1.165) is 44.0 Å². The van der Waals surface area contributed by atoms with Crippen molar-refractivity contribution in [3.8, 4) is 0 Å². The fourth-order valence-corrected chi connectivity index (χ4v) is 3.09. The largest absolute Gasteiger partial charge is 0.392 e. The van der Waals surface area contributed by atoms with Gasteiger partial charge in [0.1, 0.15) is 5.82 Å². The third-order valence-corrected chi connectivity index (χ3v) is 4.65. The highest BCUT2D eigenvalue weighted by molar-refractivity contribution is 5.80. The van der Waals surface area contributed by atoms with E-state index in [1.807, 2.05) is 6.92 Å². The summed E-state index contributed by atoms with van der Waals surface area (Å²) in [7, 11) is 0. The van der Waals surface area contributed by atoms with Crippen LogP contribution in [0.4, 0.5) is 4.39 Å². The second-order valence-corrected chi connectivity index (χ2v) is 6.83. The van der Waals surface area contributed by atoms with Gasteiger partial charge in [-0.1, -0.05) is 6.07 Å². The maximum Gasteiger partial charge on any atom is 0.191 e. The predicted molar refractivity (Wildman–Crippen MR) is 100 cm³/mol. The molecule has 0 aromatic heterocycles. The molecule has 1 aromatic rings. The van der Waals surface area contributed by atoms with Gasteiger partial charge in [0, 0.05) is 37.3 Å². The van der Waals surface area contributed by atoms with Crippen molar-refractivity contribution in [2.45, 2.75) is 58.8 Å². The lowest BCUT2D eigenvalue weighted by molar-refractivity contribution is 0.167. The zero-order chi connectivity index (χ0) is 18.2. The Labute approximate surface area is 150 Å². The van der Waals surface area contributed by atoms with Crippen LogP contribution in [0, 0.1) is 5.82 Å². The summed E-state index contributed by atoms with van der Waals surface area (Å²) < 4.78 is 13.5. The predicted octanol–water partition coefficient (Wildman–Crippen LogP) is 2.25. The van der Waals surface area contributed by atoms with Crippen LogP contribution in [-0.2, 0) is 13.2 Å². The number of hydrogen-bond donors (Lipinski definition) is 3. The van der Waals surface area contributed by atoms with Crippen LogP contribution in [0.2, 0.25) is 0 Å². The lowest BCUT2D eigenvalue weighted by Crippen LogP contribution is -2.49. The van der Waals surface area contributed by atoms with Gasteiger partial charge < -0.3 is 20.6 Å². The van der Waals surface area contributed by atoms with E-state index in [9.17, 15) is 9.50 Å². The molecule has 0 saturated carbocycles. The molecule has 1 aliphatic rings. The minimum absolute atomic E-state index is 0.296. The Bertz CT molecular complexity index is 569. The molecule has 1 saturated heterocycles. The molecule has 3 N–H and O–H groups in total. The molecule has 1 aliphatic heterocycles. The molecule has 25 heavy (non-hydrogen) atoms. The normalized spacial score (nSPS) is 17.1. The molecule has 1 heterocycles. The summed E-state index contributed by atoms with van der Waals surface area (Å²) in [6, 6.07) is 5.79. The average molecular weight is 350 g/mol. The quantitative estimate of drug-likeness (QED) is 0.544. The van der Waals surface area contributed by atoms with Crippen LogP contribution in [0.1, 0.15) is 44.7 Å². The van der Waals surface area contributed by atoms with Crippen LogP contribution < -0.4 is 10.6 Å². The number of nitrogens with one attached hydrogen (secondary N) is 2. The van der Waals surface area contributed by atoms with Crippen molar-refractivity contribution in [1.82, 2.24) is 15.5 Å². The lowest BCUT2D eigenvalue weighted by Gasteiger charge is -2.35. The second kappa shape index (κ2) is 9.73. The third kappa shape index (κ3) is 5.97. The molecule has 1 fully saturated rings. The van der Waals surface area contributed by atoms with Gasteiger partial charge in [-0.25, -0.2) is 9.38 Å². The second-order valence-electron chi connectivity index (χ2n) is 6.83. The Hall–Kier alpha value is -1.66. The summed E-state index contributed by atoms with van der Waals surface area (Å²) in [4.78, 5) is 7.11. The number of guanidine groups is 1. The highest BCUT2D eigenvalue weighted by Crippen LogP contribution is 2.14. The highest BCUT2D eigenvalue weighted by Gasteiger charge is 2.21. The zero-order valence-electron chi connectivity index (χ0n) is 15.6. The first kappa shape index (κ1) is 19.7. The maximum absolute atomic E-state index is 13.5. The van der Waals surface area contributed by atoms with Crippen molar-refractivity contribution in [2.24, 2.45) is 4.99 Å². The van der Waals surface area contributed by atoms with E-state index in [1.54, 1.807) is 12.1 Å². The first-order chi connectivity index (χ1) is 12.0. The van der Waals surface area contributed by atoms with Crippen molar-refractivity contribution in [3.05, 3.63) is 35.1 Å². The third-order valence-electron chi connectivity index (χ3n) is 4.65. The van der Waals surface area contributed by atoms with Crippen LogP contribution in [0.5, 0.6) is 0 Å². The van der Waals surface area contributed by atoms with E-state index < -0.39 is 0 Å². The number of likely N-dealkylation sites (tertiary alicyclic amines) is 1. The van der Waals surface area contributed by atoms with Crippen LogP contribution in [0.15, 0.2) is 23.2 Å². The topological polar surface area (TPSA) is 59.9 Å². The number of rotatable bonds is 6. The van der Waals surface area contributed by atoms with Gasteiger partial charge in [-0.2, -0.15) is 0 Å². The van der Waals surface area contributed by atoms with E-state index in [4.69, 9.17) is 0 Å². The lowest BCUT2D eigenvalue weighted by atomic mass is 10.0. The minimum atomic E-state index is -0.378. The summed E-state index contributed by atoms with van der Waals surface area (Å²) in [6.45, 7) is 9.68. The van der Waals surface area contributed by atoms with Crippen LogP contribution >= 0.6 is 0 Å². The molecule has 0 unspecified atom stereocenters. The summed E-state index contributed by atoms with van der Waals surface area (Å²) in [5, 5.41) is 16.0. The molecule has 5 nitrogen and oxygen atoms in total. The molecule has 2 rings (SSSR count). The van der Waals surface area contributed by atoms with Gasteiger partial charge in [-0.15, -0.1) is 0 Å². The number of aliphatic hydroxyl groups excluding tert-OH is 1. The van der Waals surface area contributed by atoms with Gasteiger partial charge in [0.05, 0.1) is 13.2 Å². The van der Waals surface area contributed by atoms with Gasteiger partial charge >= 0.3 is 0 Å². The molecule has 140 valence electrons. The number of aliphatic imine (C=N–C) groups is 1. The molecular weight excluding hydrogens is 319 g/mol. The summed E-state index contributed by atoms with van der Waals surface area (Å²) in [6.07, 6.45) is 2.21. The summed E-state index contributed by atoms with van der Waals surface area (Å²) in [5.41, 5.74) is 1.20. The fourth-order valence-electron chi connectivity index (χ4n) is 3.09. The molecule has 0 spiro atoms. The molecular formula is C19H31FN4O. The molecule has 0 bridgehead atoms. The van der Waals surface area contributed by atoms with Gasteiger partial charge in [-0.3, -0.25) is 0 Å². The van der Waals surface area contributed by atoms with Crippen molar-refractivity contribution in [2.75, 3.05) is 19.6 Å². The van der Waals surface area contributed by atoms with Crippen molar-refractivity contribution in [1.29, 1.82) is 0 Å². The van der Waals surface area contributed by atoms with Crippen molar-refractivity contribution < 1.29 is 9.50 Å². The monoisotopic (exact) mass is 350 g/mol. The number of piperidine rings is 1. The minimum Gasteiger partial charge on any atom is -0.392 e. The van der Waals surface area contributed by atoms with Crippen LogP contribution in [0.25, 0.3) is 0 Å². The van der Waals surface area contributed by atoms with E-state index in [2.05, 4.69) is 34.4 Å². The van der Waals surface area contributed by atoms with E-state index in [-0.39, 0.29) is 12.4 Å². The van der Waals surface area contributed by atoms with Crippen LogP contribution in [0.3, 0.4) is 0 Å². The Balaban J connectivity index is 1.94. The number of benzene rings is 1. The first-order valence-corrected chi connectivity index (χ1v) is 9.20. The number of nitrogens with zero attached hydrogens (tertiary/aromatic N) is 2. The van der Waals surface area contributed by atoms with Crippen molar-refractivity contribution in [3.63, 3.8) is 0 Å². The molecule has 1 aromatic carbocycles. The van der Waals surface area contributed by atoms with E-state index in [0.29, 0.717) is 24.2 Å². The first-order valence-electron chi connectivity index (χ1n) is 9.20. The fraction of sp³-hybridized carbons (Fsp3) is 0.632. The molecule has 0 aliphatic carbocycles. The Kier molecular flexibility index (Phi) is 7.65. The maximum atomic E-state index is 13.5. The van der Waals surface area contributed by atoms with E-state index in [1.165, 1.54) is 6.07 Å². The van der Waals surface area contributed by atoms with Crippen LogP contribution in [-0.4, -0.2) is 47.7 Å². The number of aliphatic hydroxyl groups is 1. The van der Waals surface area contributed by atoms with Crippen molar-refractivity contribution >= 4 is 5.96 Å². The summed E-state index contributed by atoms with van der Waals surface area (Å²) >= 11 is 0. The number of halogens is 1. The van der Waals surface area contributed by atoms with Gasteiger partial charge in [0.25, 0.3) is 0 Å².